The first-order valence-electron chi connectivity index (χ1n) is 2.71. The highest BCUT2D eigenvalue weighted by molar-refractivity contribution is 6.21. The van der Waals surface area contributed by atoms with E-state index in [0.717, 1.165) is 0 Å². The molecule has 1 atom stereocenters. The molecule has 0 bridgehead atoms. The van der Waals surface area contributed by atoms with Gasteiger partial charge in [-0.2, -0.15) is 0 Å². The van der Waals surface area contributed by atoms with Gasteiger partial charge in [-0.15, -0.1) is 0 Å². The Hall–Kier alpha value is -0.900. The first-order valence-corrected chi connectivity index (χ1v) is 3.14. The van der Waals surface area contributed by atoms with Crippen molar-refractivity contribution in [2.75, 3.05) is 0 Å². The van der Waals surface area contributed by atoms with E-state index in [-0.39, 0.29) is 12.1 Å². The third kappa shape index (κ3) is 1.54. The van der Waals surface area contributed by atoms with Crippen LogP contribution in [0.1, 0.15) is 6.42 Å². The quantitative estimate of drug-likeness (QED) is 0.250. The van der Waals surface area contributed by atoms with Crippen molar-refractivity contribution in [2.45, 2.75) is 11.9 Å². The number of rotatable bonds is 1. The maximum Gasteiger partial charge on any atom is 0.251 e. The van der Waals surface area contributed by atoms with Crippen molar-refractivity contribution < 1.29 is 4.92 Å². The summed E-state index contributed by atoms with van der Waals surface area (Å²) in [7, 11) is 0. The Bertz CT molecular complexity index is 212. The molecule has 0 N–H and O–H groups in total. The van der Waals surface area contributed by atoms with Crippen molar-refractivity contribution in [3.8, 4) is 0 Å². The smallest absolute Gasteiger partial charge is 0.251 e. The third-order valence-corrected chi connectivity index (χ3v) is 1.39. The van der Waals surface area contributed by atoms with E-state index < -0.39 is 10.4 Å². The topological polar surface area (TPSA) is 55.5 Å². The molecule has 1 rings (SSSR count). The van der Waals surface area contributed by atoms with E-state index in [4.69, 9.17) is 11.6 Å². The van der Waals surface area contributed by atoms with Crippen molar-refractivity contribution in [3.05, 3.63) is 21.9 Å². The number of nitro groups is 1. The maximum atomic E-state index is 10.1. The first-order chi connectivity index (χ1) is 4.70. The van der Waals surface area contributed by atoms with Crippen molar-refractivity contribution in [1.82, 2.24) is 0 Å². The molecule has 0 aromatic heterocycles. The number of nitrogens with zero attached hydrogens (tertiary/aromatic N) is 2. The number of aliphatic imine (C=N–C) groups is 1. The standard InChI is InChI=1S/C5H5ClN2O2/c6-5-3-4(8(9)10)1-2-7-5/h1-2,5H,3H2. The van der Waals surface area contributed by atoms with Crippen LogP contribution in [-0.4, -0.2) is 16.6 Å². The van der Waals surface area contributed by atoms with Crippen LogP contribution in [0.2, 0.25) is 0 Å². The summed E-state index contributed by atoms with van der Waals surface area (Å²) in [6, 6.07) is 0. The molecule has 0 saturated carbocycles. The van der Waals surface area contributed by atoms with E-state index >= 15 is 0 Å². The van der Waals surface area contributed by atoms with Crippen molar-refractivity contribution in [1.29, 1.82) is 0 Å². The van der Waals surface area contributed by atoms with Gasteiger partial charge in [0.15, 0.2) is 0 Å². The van der Waals surface area contributed by atoms with Gasteiger partial charge in [0.2, 0.25) is 0 Å². The van der Waals surface area contributed by atoms with Gasteiger partial charge in [-0.25, -0.2) is 0 Å². The Labute approximate surface area is 62.4 Å². The van der Waals surface area contributed by atoms with E-state index in [2.05, 4.69) is 4.99 Å². The fraction of sp³-hybridized carbons (Fsp3) is 0.400. The summed E-state index contributed by atoms with van der Waals surface area (Å²) in [5.74, 6) is 0. The van der Waals surface area contributed by atoms with Crippen molar-refractivity contribution >= 4 is 17.8 Å². The number of allylic oxidation sites excluding steroid dienone is 1. The number of alkyl halides is 1. The molecule has 1 heterocycles. The van der Waals surface area contributed by atoms with Gasteiger partial charge >= 0.3 is 0 Å². The van der Waals surface area contributed by atoms with Crippen LogP contribution >= 0.6 is 11.6 Å². The van der Waals surface area contributed by atoms with E-state index in [1.165, 1.54) is 12.3 Å². The van der Waals surface area contributed by atoms with Crippen LogP contribution in [-0.2, 0) is 0 Å². The van der Waals surface area contributed by atoms with Crippen LogP contribution < -0.4 is 0 Å². The van der Waals surface area contributed by atoms with Gasteiger partial charge in [0.1, 0.15) is 5.50 Å². The first kappa shape index (κ1) is 7.21. The molecule has 0 saturated heterocycles. The maximum absolute atomic E-state index is 10.1. The second kappa shape index (κ2) is 2.79. The molecule has 0 aromatic rings. The molecule has 10 heavy (non-hydrogen) atoms. The Morgan fingerprint density at radius 2 is 2.60 bits per heavy atom. The van der Waals surface area contributed by atoms with Crippen LogP contribution in [0.25, 0.3) is 0 Å². The third-order valence-electron chi connectivity index (χ3n) is 1.13. The van der Waals surface area contributed by atoms with Gasteiger partial charge in [0.05, 0.1) is 11.3 Å². The summed E-state index contributed by atoms with van der Waals surface area (Å²) in [5.41, 5.74) is -0.347. The molecule has 0 aliphatic carbocycles. The SMILES string of the molecule is O=[N+]([O-])C1=CC=NC(Cl)C1. The molecule has 0 aromatic carbocycles. The predicted molar refractivity (Wildman–Crippen MR) is 37.8 cm³/mol. The zero-order valence-electron chi connectivity index (χ0n) is 5.03. The largest absolute Gasteiger partial charge is 0.273 e. The molecule has 54 valence electrons. The molecular formula is C5H5ClN2O2. The Balaban J connectivity index is 2.71. The second-order valence-electron chi connectivity index (χ2n) is 1.85. The summed E-state index contributed by atoms with van der Waals surface area (Å²) in [4.78, 5) is 13.4. The summed E-state index contributed by atoms with van der Waals surface area (Å²) in [5, 5.41) is 10.1. The van der Waals surface area contributed by atoms with E-state index in [9.17, 15) is 10.1 Å². The lowest BCUT2D eigenvalue weighted by molar-refractivity contribution is -0.427. The van der Waals surface area contributed by atoms with E-state index in [1.54, 1.807) is 0 Å². The van der Waals surface area contributed by atoms with Crippen molar-refractivity contribution in [2.24, 2.45) is 4.99 Å². The van der Waals surface area contributed by atoms with Crippen LogP contribution in [0.4, 0.5) is 0 Å². The zero-order valence-corrected chi connectivity index (χ0v) is 5.78. The van der Waals surface area contributed by atoms with Gasteiger partial charge in [-0.1, -0.05) is 11.6 Å². The van der Waals surface area contributed by atoms with Gasteiger partial charge in [-0.3, -0.25) is 15.1 Å². The fourth-order valence-electron chi connectivity index (χ4n) is 0.651. The predicted octanol–water partition coefficient (Wildman–Crippen LogP) is 1.19. The minimum atomic E-state index is -0.467. The minimum absolute atomic E-state index is 0.120. The minimum Gasteiger partial charge on any atom is -0.273 e. The fourth-order valence-corrected chi connectivity index (χ4v) is 0.874. The normalized spacial score (nSPS) is 24.1. The van der Waals surface area contributed by atoms with Gasteiger partial charge in [0, 0.05) is 12.3 Å². The molecule has 4 nitrogen and oxygen atoms in total. The number of halogens is 1. The molecule has 1 unspecified atom stereocenters. The Morgan fingerprint density at radius 3 is 3.00 bits per heavy atom. The summed E-state index contributed by atoms with van der Waals surface area (Å²) in [6.07, 6.45) is 2.93. The monoisotopic (exact) mass is 160 g/mol. The van der Waals surface area contributed by atoms with Gasteiger partial charge in [0.25, 0.3) is 5.70 Å². The number of dihydropyridines is 1. The number of hydrogen-bond acceptors (Lipinski definition) is 3. The summed E-state index contributed by atoms with van der Waals surface area (Å²) in [6.45, 7) is 0. The molecule has 0 radical (unpaired) electrons. The average molecular weight is 161 g/mol. The molecule has 0 amide bonds. The van der Waals surface area contributed by atoms with Gasteiger partial charge < -0.3 is 0 Å². The Morgan fingerprint density at radius 1 is 1.90 bits per heavy atom. The highest BCUT2D eigenvalue weighted by atomic mass is 35.5. The lowest BCUT2D eigenvalue weighted by Gasteiger charge is -2.04. The van der Waals surface area contributed by atoms with Crippen LogP contribution in [0.5, 0.6) is 0 Å². The van der Waals surface area contributed by atoms with Crippen LogP contribution in [0.3, 0.4) is 0 Å². The average Bonchev–Trinajstić information content (AvgIpc) is 1.88. The van der Waals surface area contributed by atoms with Gasteiger partial charge in [-0.05, 0) is 0 Å². The highest BCUT2D eigenvalue weighted by Gasteiger charge is 2.17. The van der Waals surface area contributed by atoms with Crippen LogP contribution in [0, 0.1) is 10.1 Å². The lowest BCUT2D eigenvalue weighted by atomic mass is 10.2. The number of hydrogen-bond donors (Lipinski definition) is 0. The molecule has 5 heteroatoms. The molecule has 1 aliphatic heterocycles. The van der Waals surface area contributed by atoms with E-state index in [0.29, 0.717) is 0 Å². The molecule has 1 aliphatic rings. The van der Waals surface area contributed by atoms with Crippen molar-refractivity contribution in [3.63, 3.8) is 0 Å². The Kier molecular flexibility index (Phi) is 2.01. The molecular weight excluding hydrogens is 156 g/mol. The second-order valence-corrected chi connectivity index (χ2v) is 2.36. The lowest BCUT2D eigenvalue weighted by Crippen LogP contribution is -2.09. The summed E-state index contributed by atoms with van der Waals surface area (Å²) < 4.78 is 0. The zero-order chi connectivity index (χ0) is 7.56. The highest BCUT2D eigenvalue weighted by Crippen LogP contribution is 2.15. The summed E-state index contributed by atoms with van der Waals surface area (Å²) >= 11 is 5.51. The van der Waals surface area contributed by atoms with Crippen LogP contribution in [0.15, 0.2) is 16.8 Å². The molecule has 0 fully saturated rings. The van der Waals surface area contributed by atoms with E-state index in [1.807, 2.05) is 0 Å². The molecule has 0 spiro atoms.